The Labute approximate surface area is 174 Å². The molecule has 0 saturated carbocycles. The largest absolute Gasteiger partial charge is 0.478 e. The van der Waals surface area contributed by atoms with Crippen LogP contribution in [-0.2, 0) is 14.4 Å². The van der Waals surface area contributed by atoms with Crippen LogP contribution in [0.1, 0.15) is 124 Å². The molecule has 1 N–H and O–H groups in total. The summed E-state index contributed by atoms with van der Waals surface area (Å²) in [5.41, 5.74) is 0. The molecule has 4 heteroatoms. The van der Waals surface area contributed by atoms with Gasteiger partial charge in [-0.2, -0.15) is 0 Å². The van der Waals surface area contributed by atoms with Crippen LogP contribution in [0.2, 0.25) is 0 Å². The summed E-state index contributed by atoms with van der Waals surface area (Å²) in [6.45, 7) is 6.12. The lowest BCUT2D eigenvalue weighted by Gasteiger charge is -1.97. The maximum absolute atomic E-state index is 9.94. The van der Waals surface area contributed by atoms with Gasteiger partial charge in [-0.15, -0.1) is 0 Å². The lowest BCUT2D eigenvalue weighted by Crippen LogP contribution is -1.83. The number of unbranched alkanes of at least 4 members (excludes halogenated alkanes) is 14. The second kappa shape index (κ2) is 33.2. The van der Waals surface area contributed by atoms with Crippen LogP contribution in [0.5, 0.6) is 0 Å². The summed E-state index contributed by atoms with van der Waals surface area (Å²) in [5.74, 6) is -0.891. The molecule has 4 nitrogen and oxygen atoms in total. The standard InChI is InChI=1S/2C10H20O.C4H6O2/c2*1-2-3-4-5-6-7-8-9-10-11;1-2-3-4(5)6/h2*10H,2-9H2,1H3;2-3H,1H3,(H,5,6)/b;;3-2+. The van der Waals surface area contributed by atoms with Crippen molar-refractivity contribution in [1.82, 2.24) is 0 Å². The van der Waals surface area contributed by atoms with Crippen molar-refractivity contribution in [3.63, 3.8) is 0 Å². The number of carboxylic acid groups (broad SMARTS) is 1. The summed E-state index contributed by atoms with van der Waals surface area (Å²) in [7, 11) is 0. The van der Waals surface area contributed by atoms with Gasteiger partial charge in [-0.3, -0.25) is 0 Å². The predicted octanol–water partition coefficient (Wildman–Crippen LogP) is 7.30. The van der Waals surface area contributed by atoms with Gasteiger partial charge in [-0.25, -0.2) is 4.79 Å². The Morgan fingerprint density at radius 2 is 0.964 bits per heavy atom. The van der Waals surface area contributed by atoms with Crippen molar-refractivity contribution in [2.24, 2.45) is 0 Å². The molecule has 0 unspecified atom stereocenters. The van der Waals surface area contributed by atoms with Gasteiger partial charge in [0, 0.05) is 18.9 Å². The molecule has 0 aromatic carbocycles. The van der Waals surface area contributed by atoms with E-state index in [0.29, 0.717) is 0 Å². The van der Waals surface area contributed by atoms with Crippen LogP contribution in [0.15, 0.2) is 12.2 Å². The summed E-state index contributed by atoms with van der Waals surface area (Å²) in [4.78, 5) is 29.4. The highest BCUT2D eigenvalue weighted by atomic mass is 16.4. The van der Waals surface area contributed by atoms with E-state index in [9.17, 15) is 14.4 Å². The van der Waals surface area contributed by atoms with Gasteiger partial charge in [0.05, 0.1) is 0 Å². The predicted molar refractivity (Wildman–Crippen MR) is 120 cm³/mol. The second-order valence-corrected chi connectivity index (χ2v) is 6.99. The minimum absolute atomic E-state index is 0.758. The molecule has 0 bridgehead atoms. The van der Waals surface area contributed by atoms with E-state index in [1.54, 1.807) is 6.92 Å². The molecule has 166 valence electrons. The van der Waals surface area contributed by atoms with E-state index in [1.165, 1.54) is 83.1 Å². The Morgan fingerprint density at radius 3 is 1.18 bits per heavy atom. The Kier molecular flexibility index (Phi) is 37.0. The third-order valence-electron chi connectivity index (χ3n) is 4.16. The number of rotatable bonds is 17. The highest BCUT2D eigenvalue weighted by Crippen LogP contribution is 2.08. The molecular weight excluding hydrogens is 352 g/mol. The highest BCUT2D eigenvalue weighted by Gasteiger charge is 1.90. The van der Waals surface area contributed by atoms with Gasteiger partial charge < -0.3 is 14.7 Å². The van der Waals surface area contributed by atoms with Crippen LogP contribution in [0.4, 0.5) is 0 Å². The van der Waals surface area contributed by atoms with Crippen molar-refractivity contribution in [3.05, 3.63) is 12.2 Å². The second-order valence-electron chi connectivity index (χ2n) is 6.99. The fraction of sp³-hybridized carbons (Fsp3) is 0.792. The molecule has 0 aliphatic rings. The van der Waals surface area contributed by atoms with Gasteiger partial charge in [0.25, 0.3) is 0 Å². The van der Waals surface area contributed by atoms with Gasteiger partial charge in [-0.05, 0) is 19.8 Å². The van der Waals surface area contributed by atoms with Crippen LogP contribution in [-0.4, -0.2) is 23.6 Å². The van der Waals surface area contributed by atoms with Gasteiger partial charge in [0.15, 0.2) is 0 Å². The third kappa shape index (κ3) is 44.2. The Hall–Kier alpha value is -1.45. The Bertz CT molecular complexity index is 315. The molecule has 0 aliphatic heterocycles. The van der Waals surface area contributed by atoms with E-state index >= 15 is 0 Å². The zero-order valence-corrected chi connectivity index (χ0v) is 18.8. The number of hydrogen-bond acceptors (Lipinski definition) is 3. The van der Waals surface area contributed by atoms with Gasteiger partial charge in [-0.1, -0.05) is 97.0 Å². The van der Waals surface area contributed by atoms with E-state index in [2.05, 4.69) is 13.8 Å². The number of carboxylic acids is 1. The summed E-state index contributed by atoms with van der Waals surface area (Å²) >= 11 is 0. The topological polar surface area (TPSA) is 71.4 Å². The molecule has 0 saturated heterocycles. The fourth-order valence-electron chi connectivity index (χ4n) is 2.51. The smallest absolute Gasteiger partial charge is 0.327 e. The lowest BCUT2D eigenvalue weighted by atomic mass is 10.1. The number of aldehydes is 2. The maximum atomic E-state index is 9.94. The van der Waals surface area contributed by atoms with Gasteiger partial charge in [0.2, 0.25) is 0 Å². The number of aliphatic carboxylic acids is 1. The molecule has 0 radical (unpaired) electrons. The van der Waals surface area contributed by atoms with E-state index in [0.717, 1.165) is 44.3 Å². The zero-order chi connectivity index (χ0) is 21.7. The zero-order valence-electron chi connectivity index (χ0n) is 18.8. The van der Waals surface area contributed by atoms with Crippen molar-refractivity contribution >= 4 is 18.5 Å². The van der Waals surface area contributed by atoms with E-state index < -0.39 is 5.97 Å². The monoisotopic (exact) mass is 398 g/mol. The van der Waals surface area contributed by atoms with E-state index in [1.807, 2.05) is 0 Å². The fourth-order valence-corrected chi connectivity index (χ4v) is 2.51. The summed E-state index contributed by atoms with van der Waals surface area (Å²) in [5, 5.41) is 7.83. The minimum atomic E-state index is -0.891. The molecule has 0 fully saturated rings. The Balaban J connectivity index is -0.000000351. The molecule has 0 spiro atoms. The van der Waals surface area contributed by atoms with Crippen LogP contribution in [0.3, 0.4) is 0 Å². The molecule has 0 aliphatic carbocycles. The minimum Gasteiger partial charge on any atom is -0.478 e. The quantitative estimate of drug-likeness (QED) is 0.158. The average molecular weight is 399 g/mol. The van der Waals surface area contributed by atoms with Crippen molar-refractivity contribution in [2.75, 3.05) is 0 Å². The molecule has 0 atom stereocenters. The van der Waals surface area contributed by atoms with E-state index in [-0.39, 0.29) is 0 Å². The molecular formula is C24H46O4. The molecule has 0 rings (SSSR count). The average Bonchev–Trinajstić information content (AvgIpc) is 2.68. The highest BCUT2D eigenvalue weighted by molar-refractivity contribution is 5.79. The van der Waals surface area contributed by atoms with E-state index in [4.69, 9.17) is 5.11 Å². The summed E-state index contributed by atoms with van der Waals surface area (Å²) in [6.07, 6.45) is 24.2. The van der Waals surface area contributed by atoms with Gasteiger partial charge >= 0.3 is 5.97 Å². The van der Waals surface area contributed by atoms with Crippen molar-refractivity contribution in [2.45, 2.75) is 124 Å². The first kappa shape index (κ1) is 31.3. The number of hydrogen-bond donors (Lipinski definition) is 1. The van der Waals surface area contributed by atoms with Crippen molar-refractivity contribution in [1.29, 1.82) is 0 Å². The number of carbonyl (C=O) groups is 3. The normalized spacial score (nSPS) is 9.82. The molecule has 0 aromatic heterocycles. The summed E-state index contributed by atoms with van der Waals surface area (Å²) < 4.78 is 0. The van der Waals surface area contributed by atoms with Gasteiger partial charge in [0.1, 0.15) is 12.6 Å². The first-order valence-electron chi connectivity index (χ1n) is 11.3. The van der Waals surface area contributed by atoms with Crippen molar-refractivity contribution in [3.8, 4) is 0 Å². The number of carbonyl (C=O) groups excluding carboxylic acids is 2. The Morgan fingerprint density at radius 1 is 0.643 bits per heavy atom. The third-order valence-corrected chi connectivity index (χ3v) is 4.16. The SMILES string of the molecule is C/C=C/C(=O)O.CCCCCCCCCC=O.CCCCCCCCCC=O. The maximum Gasteiger partial charge on any atom is 0.327 e. The first-order valence-corrected chi connectivity index (χ1v) is 11.3. The molecule has 0 amide bonds. The van der Waals surface area contributed by atoms with Crippen LogP contribution in [0.25, 0.3) is 0 Å². The molecule has 0 heterocycles. The van der Waals surface area contributed by atoms with Crippen LogP contribution in [0, 0.1) is 0 Å². The first-order chi connectivity index (χ1) is 13.6. The van der Waals surface area contributed by atoms with Crippen LogP contribution >= 0.6 is 0 Å². The molecule has 28 heavy (non-hydrogen) atoms. The number of allylic oxidation sites excluding steroid dienone is 1. The summed E-state index contributed by atoms with van der Waals surface area (Å²) in [6, 6.07) is 0. The lowest BCUT2D eigenvalue weighted by molar-refractivity contribution is -0.131. The van der Waals surface area contributed by atoms with Crippen LogP contribution < -0.4 is 0 Å². The van der Waals surface area contributed by atoms with Crippen molar-refractivity contribution < 1.29 is 19.5 Å². The molecule has 0 aromatic rings.